The van der Waals surface area contributed by atoms with Crippen LogP contribution in [0.1, 0.15) is 10.5 Å². The van der Waals surface area contributed by atoms with Crippen LogP contribution >= 0.6 is 11.6 Å². The number of hydrogen-bond donors (Lipinski definition) is 0. The lowest BCUT2D eigenvalue weighted by atomic mass is 10.1. The zero-order valence-corrected chi connectivity index (χ0v) is 12.8. The van der Waals surface area contributed by atoms with Crippen LogP contribution in [0.15, 0.2) is 12.1 Å². The first-order valence-corrected chi connectivity index (χ1v) is 6.32. The average Bonchev–Trinajstić information content (AvgIpc) is 2.53. The van der Waals surface area contributed by atoms with E-state index in [4.69, 9.17) is 25.8 Å². The minimum atomic E-state index is -0.579. The van der Waals surface area contributed by atoms with Crippen molar-refractivity contribution >= 4 is 28.5 Å². The summed E-state index contributed by atoms with van der Waals surface area (Å²) in [4.78, 5) is 15.9. The summed E-state index contributed by atoms with van der Waals surface area (Å²) in [6.45, 7) is 0. The Bertz CT molecular complexity index is 702. The van der Waals surface area contributed by atoms with Gasteiger partial charge in [-0.05, 0) is 0 Å². The Balaban J connectivity index is 2.89. The van der Waals surface area contributed by atoms with Crippen LogP contribution in [0.2, 0.25) is 5.02 Å². The van der Waals surface area contributed by atoms with Gasteiger partial charge in [0, 0.05) is 12.1 Å². The second-order valence-corrected chi connectivity index (χ2v) is 4.40. The highest BCUT2D eigenvalue weighted by molar-refractivity contribution is 6.37. The molecule has 112 valence electrons. The lowest BCUT2D eigenvalue weighted by Gasteiger charge is -2.14. The number of fused-ring (bicyclic) bond motifs is 1. The van der Waals surface area contributed by atoms with Gasteiger partial charge in [0.15, 0.2) is 5.69 Å². The molecular formula is C14H14ClNO5. The molecule has 1 aromatic carbocycles. The number of carbonyl (C=O) groups excluding carboxylic acids is 1. The summed E-state index contributed by atoms with van der Waals surface area (Å²) in [5.74, 6) is 0.633. The van der Waals surface area contributed by atoms with E-state index >= 15 is 0 Å². The van der Waals surface area contributed by atoms with E-state index in [1.54, 1.807) is 6.07 Å². The van der Waals surface area contributed by atoms with Crippen molar-refractivity contribution in [2.45, 2.75) is 0 Å². The highest BCUT2D eigenvalue weighted by atomic mass is 35.5. The molecule has 0 N–H and O–H groups in total. The molecule has 0 saturated carbocycles. The number of aromatic nitrogens is 1. The Kier molecular flexibility index (Phi) is 4.37. The Morgan fingerprint density at radius 2 is 1.62 bits per heavy atom. The van der Waals surface area contributed by atoms with Crippen LogP contribution in [0.25, 0.3) is 10.9 Å². The van der Waals surface area contributed by atoms with E-state index in [1.165, 1.54) is 34.5 Å². The second kappa shape index (κ2) is 6.05. The number of ether oxygens (including phenoxy) is 4. The normalized spacial score (nSPS) is 10.3. The largest absolute Gasteiger partial charge is 0.496 e. The summed E-state index contributed by atoms with van der Waals surface area (Å²) in [5, 5.41) is 0.831. The highest BCUT2D eigenvalue weighted by Gasteiger charge is 2.20. The maximum atomic E-state index is 11.7. The predicted molar refractivity (Wildman–Crippen MR) is 77.7 cm³/mol. The Labute approximate surface area is 126 Å². The van der Waals surface area contributed by atoms with Crippen LogP contribution < -0.4 is 14.2 Å². The molecule has 0 aliphatic rings. The third-order valence-electron chi connectivity index (χ3n) is 2.97. The van der Waals surface area contributed by atoms with Gasteiger partial charge in [-0.2, -0.15) is 0 Å². The number of esters is 1. The zero-order valence-electron chi connectivity index (χ0n) is 12.0. The number of pyridine rings is 1. The molecule has 0 aliphatic carbocycles. The van der Waals surface area contributed by atoms with E-state index < -0.39 is 5.97 Å². The molecule has 6 nitrogen and oxygen atoms in total. The van der Waals surface area contributed by atoms with E-state index in [2.05, 4.69) is 9.72 Å². The summed E-state index contributed by atoms with van der Waals surface area (Å²) < 4.78 is 20.5. The van der Waals surface area contributed by atoms with E-state index in [0.29, 0.717) is 33.2 Å². The van der Waals surface area contributed by atoms with Gasteiger partial charge < -0.3 is 18.9 Å². The lowest BCUT2D eigenvalue weighted by molar-refractivity contribution is 0.0594. The summed E-state index contributed by atoms with van der Waals surface area (Å²) in [6, 6.07) is 3.05. The molecule has 0 fully saturated rings. The van der Waals surface area contributed by atoms with Gasteiger partial charge in [-0.15, -0.1) is 0 Å². The van der Waals surface area contributed by atoms with Crippen LogP contribution in [0.5, 0.6) is 17.2 Å². The van der Waals surface area contributed by atoms with Crippen LogP contribution in [-0.2, 0) is 4.74 Å². The first kappa shape index (κ1) is 15.2. The van der Waals surface area contributed by atoms with Gasteiger partial charge in [-0.25, -0.2) is 9.78 Å². The lowest BCUT2D eigenvalue weighted by Crippen LogP contribution is -2.06. The molecule has 2 rings (SSSR count). The van der Waals surface area contributed by atoms with Gasteiger partial charge in [-0.1, -0.05) is 11.6 Å². The quantitative estimate of drug-likeness (QED) is 0.809. The number of methoxy groups -OCH3 is 4. The standard InChI is InChI=1S/C14H14ClNO5/c1-18-8-5-7(14(17)21-4)16-13-10(20-3)6-9(19-2)12(15)11(8)13/h5-6H,1-4H3. The molecular weight excluding hydrogens is 298 g/mol. The fraction of sp³-hybridized carbons (Fsp3) is 0.286. The molecule has 0 radical (unpaired) electrons. The fourth-order valence-electron chi connectivity index (χ4n) is 1.96. The molecule has 2 aromatic rings. The maximum absolute atomic E-state index is 11.7. The second-order valence-electron chi connectivity index (χ2n) is 4.02. The molecule has 1 heterocycles. The molecule has 0 atom stereocenters. The fourth-order valence-corrected chi connectivity index (χ4v) is 2.27. The van der Waals surface area contributed by atoms with E-state index in [1.807, 2.05) is 0 Å². The van der Waals surface area contributed by atoms with Crippen molar-refractivity contribution in [2.24, 2.45) is 0 Å². The van der Waals surface area contributed by atoms with E-state index in [0.717, 1.165) is 0 Å². The average molecular weight is 312 g/mol. The van der Waals surface area contributed by atoms with Crippen LogP contribution in [-0.4, -0.2) is 39.4 Å². The van der Waals surface area contributed by atoms with Gasteiger partial charge in [0.25, 0.3) is 0 Å². The first-order chi connectivity index (χ1) is 10.1. The topological polar surface area (TPSA) is 66.9 Å². The minimum Gasteiger partial charge on any atom is -0.496 e. The number of benzene rings is 1. The number of carbonyl (C=O) groups is 1. The highest BCUT2D eigenvalue weighted by Crippen LogP contribution is 2.42. The summed E-state index contributed by atoms with van der Waals surface area (Å²) in [7, 11) is 5.73. The van der Waals surface area contributed by atoms with Gasteiger partial charge in [0.2, 0.25) is 0 Å². The van der Waals surface area contributed by atoms with Crippen LogP contribution in [0.4, 0.5) is 0 Å². The molecule has 0 saturated heterocycles. The van der Waals surface area contributed by atoms with Gasteiger partial charge in [-0.3, -0.25) is 0 Å². The van der Waals surface area contributed by atoms with Crippen LogP contribution in [0, 0.1) is 0 Å². The van der Waals surface area contributed by atoms with Crippen molar-refractivity contribution in [2.75, 3.05) is 28.4 Å². The van der Waals surface area contributed by atoms with Crippen LogP contribution in [0.3, 0.4) is 0 Å². The van der Waals surface area contributed by atoms with Crippen molar-refractivity contribution in [1.29, 1.82) is 0 Å². The van der Waals surface area contributed by atoms with Gasteiger partial charge >= 0.3 is 5.97 Å². The summed E-state index contributed by atoms with van der Waals surface area (Å²) >= 11 is 6.30. The molecule has 0 unspecified atom stereocenters. The number of halogens is 1. The van der Waals surface area contributed by atoms with E-state index in [9.17, 15) is 4.79 Å². The number of nitrogens with zero attached hydrogens (tertiary/aromatic N) is 1. The summed E-state index contributed by atoms with van der Waals surface area (Å²) in [6.07, 6.45) is 0. The molecule has 0 bridgehead atoms. The third-order valence-corrected chi connectivity index (χ3v) is 3.34. The van der Waals surface area contributed by atoms with Crippen molar-refractivity contribution in [1.82, 2.24) is 4.98 Å². The van der Waals surface area contributed by atoms with Crippen molar-refractivity contribution in [3.63, 3.8) is 0 Å². The third kappa shape index (κ3) is 2.54. The van der Waals surface area contributed by atoms with Gasteiger partial charge in [0.05, 0.1) is 38.8 Å². The predicted octanol–water partition coefficient (Wildman–Crippen LogP) is 2.70. The smallest absolute Gasteiger partial charge is 0.356 e. The first-order valence-electron chi connectivity index (χ1n) is 5.94. The van der Waals surface area contributed by atoms with Gasteiger partial charge in [0.1, 0.15) is 22.8 Å². The Morgan fingerprint density at radius 1 is 1.00 bits per heavy atom. The maximum Gasteiger partial charge on any atom is 0.356 e. The number of hydrogen-bond acceptors (Lipinski definition) is 6. The molecule has 7 heteroatoms. The molecule has 0 amide bonds. The molecule has 0 spiro atoms. The molecule has 0 aliphatic heterocycles. The Morgan fingerprint density at radius 3 is 2.14 bits per heavy atom. The Hall–Kier alpha value is -2.21. The van der Waals surface area contributed by atoms with Crippen molar-refractivity contribution < 1.29 is 23.7 Å². The minimum absolute atomic E-state index is 0.0985. The van der Waals surface area contributed by atoms with Crippen molar-refractivity contribution in [3.05, 3.63) is 22.8 Å². The SMILES string of the molecule is COC(=O)c1cc(OC)c2c(Cl)c(OC)cc(OC)c2n1. The van der Waals surface area contributed by atoms with E-state index in [-0.39, 0.29) is 5.69 Å². The van der Waals surface area contributed by atoms with Crippen molar-refractivity contribution in [3.8, 4) is 17.2 Å². The summed E-state index contributed by atoms with van der Waals surface area (Å²) in [5.41, 5.74) is 0.490. The molecule has 1 aromatic heterocycles. The number of rotatable bonds is 4. The zero-order chi connectivity index (χ0) is 15.6. The monoisotopic (exact) mass is 311 g/mol. The molecule has 21 heavy (non-hydrogen) atoms.